The third kappa shape index (κ3) is 7.32. The second-order valence-electron chi connectivity index (χ2n) is 9.23. The van der Waals surface area contributed by atoms with Crippen LogP contribution in [0.3, 0.4) is 0 Å². The van der Waals surface area contributed by atoms with Crippen LogP contribution in [0.1, 0.15) is 38.7 Å². The summed E-state index contributed by atoms with van der Waals surface area (Å²) in [5.74, 6) is 0.741. The molecule has 3 atom stereocenters. The van der Waals surface area contributed by atoms with E-state index in [2.05, 4.69) is 29.4 Å². The third-order valence-corrected chi connectivity index (χ3v) is 7.14. The topological polar surface area (TPSA) is 64.7 Å². The summed E-state index contributed by atoms with van der Waals surface area (Å²) in [5.41, 5.74) is -0.927. The first-order valence-electron chi connectivity index (χ1n) is 11.4. The van der Waals surface area contributed by atoms with Gasteiger partial charge < -0.3 is 10.6 Å². The first-order valence-corrected chi connectivity index (χ1v) is 11.8. The lowest BCUT2D eigenvalue weighted by Gasteiger charge is -2.36. The summed E-state index contributed by atoms with van der Waals surface area (Å²) in [5, 5.41) is 5.29. The molecule has 0 radical (unpaired) electrons. The number of nitrogens with one attached hydrogen (secondary N) is 2. The average Bonchev–Trinajstić information content (AvgIpc) is 2.73. The number of piperazine rings is 1. The predicted molar refractivity (Wildman–Crippen MR) is 122 cm³/mol. The molecule has 2 N–H and O–H groups in total. The number of halogens is 4. The number of benzene rings is 1. The van der Waals surface area contributed by atoms with Crippen molar-refractivity contribution in [1.82, 2.24) is 15.1 Å². The standard InChI is InChI=1S/C23H32ClF3N4O2/c1-15-4-3-5-20(16(15)2)29-22(33)14-31-10-8-30(9-11-31)13-21(32)28-17-6-7-19(24)18(12-17)23(25,26)27/h6-7,12,15-16,20H,3-5,8-11,13-14H2,1-2H3,(H,28,32)(H,29,33)/t15-,16-,20+/m1/s1. The summed E-state index contributed by atoms with van der Waals surface area (Å²) in [7, 11) is 0. The number of alkyl halides is 3. The van der Waals surface area contributed by atoms with Gasteiger partial charge in [0.05, 0.1) is 23.7 Å². The molecule has 2 aliphatic rings. The molecular weight excluding hydrogens is 457 g/mol. The van der Waals surface area contributed by atoms with E-state index in [9.17, 15) is 22.8 Å². The van der Waals surface area contributed by atoms with Gasteiger partial charge in [0, 0.05) is 37.9 Å². The Kier molecular flexibility index (Phi) is 8.64. The van der Waals surface area contributed by atoms with Gasteiger partial charge in [0.25, 0.3) is 0 Å². The fraction of sp³-hybridized carbons (Fsp3) is 0.652. The van der Waals surface area contributed by atoms with Gasteiger partial charge in [-0.3, -0.25) is 19.4 Å². The highest BCUT2D eigenvalue weighted by molar-refractivity contribution is 6.31. The van der Waals surface area contributed by atoms with Gasteiger partial charge in [0.1, 0.15) is 0 Å². The number of carbonyl (C=O) groups excluding carboxylic acids is 2. The van der Waals surface area contributed by atoms with Crippen molar-refractivity contribution in [2.24, 2.45) is 11.8 Å². The zero-order valence-electron chi connectivity index (χ0n) is 19.1. The van der Waals surface area contributed by atoms with E-state index in [4.69, 9.17) is 11.6 Å². The molecular formula is C23H32ClF3N4O2. The van der Waals surface area contributed by atoms with Crippen molar-refractivity contribution in [1.29, 1.82) is 0 Å². The molecule has 0 unspecified atom stereocenters. The molecule has 1 saturated heterocycles. The molecule has 6 nitrogen and oxygen atoms in total. The Balaban J connectivity index is 1.41. The van der Waals surface area contributed by atoms with Gasteiger partial charge in [0.2, 0.25) is 11.8 Å². The van der Waals surface area contributed by atoms with E-state index in [0.717, 1.165) is 25.0 Å². The highest BCUT2D eigenvalue weighted by atomic mass is 35.5. The Bertz CT molecular complexity index is 843. The number of amides is 2. The van der Waals surface area contributed by atoms with Crippen LogP contribution in [0.4, 0.5) is 18.9 Å². The summed E-state index contributed by atoms with van der Waals surface area (Å²) < 4.78 is 39.0. The van der Waals surface area contributed by atoms with Crippen molar-refractivity contribution in [3.05, 3.63) is 28.8 Å². The molecule has 1 heterocycles. The first kappa shape index (κ1) is 25.8. The molecule has 0 spiro atoms. The van der Waals surface area contributed by atoms with Crippen molar-refractivity contribution in [2.45, 2.75) is 45.3 Å². The lowest BCUT2D eigenvalue weighted by atomic mass is 9.78. The molecule has 1 aromatic rings. The Morgan fingerprint density at radius 3 is 2.24 bits per heavy atom. The van der Waals surface area contributed by atoms with Gasteiger partial charge in [-0.25, -0.2) is 0 Å². The minimum absolute atomic E-state index is 0.0374. The van der Waals surface area contributed by atoms with E-state index in [1.165, 1.54) is 12.5 Å². The zero-order chi connectivity index (χ0) is 24.2. The van der Waals surface area contributed by atoms with Crippen LogP contribution >= 0.6 is 11.6 Å². The van der Waals surface area contributed by atoms with Crippen LogP contribution in [-0.4, -0.2) is 66.9 Å². The van der Waals surface area contributed by atoms with Gasteiger partial charge in [-0.05, 0) is 36.5 Å². The van der Waals surface area contributed by atoms with Crippen LogP contribution in [0, 0.1) is 11.8 Å². The molecule has 10 heteroatoms. The molecule has 3 rings (SSSR count). The maximum Gasteiger partial charge on any atom is 0.417 e. The zero-order valence-corrected chi connectivity index (χ0v) is 19.8. The van der Waals surface area contributed by atoms with E-state index >= 15 is 0 Å². The molecule has 2 fully saturated rings. The van der Waals surface area contributed by atoms with Gasteiger partial charge in [0.15, 0.2) is 0 Å². The van der Waals surface area contributed by atoms with E-state index in [-0.39, 0.29) is 24.2 Å². The molecule has 0 bridgehead atoms. The van der Waals surface area contributed by atoms with Gasteiger partial charge in [-0.15, -0.1) is 0 Å². The fourth-order valence-electron chi connectivity index (χ4n) is 4.57. The number of anilines is 1. The summed E-state index contributed by atoms with van der Waals surface area (Å²) in [6.07, 6.45) is -1.21. The number of rotatable bonds is 6. The molecule has 1 aromatic carbocycles. The van der Waals surface area contributed by atoms with Crippen LogP contribution in [0.2, 0.25) is 5.02 Å². The van der Waals surface area contributed by atoms with E-state index in [1.54, 1.807) is 0 Å². The summed E-state index contributed by atoms with van der Waals surface area (Å²) in [6, 6.07) is 3.54. The van der Waals surface area contributed by atoms with Crippen LogP contribution < -0.4 is 10.6 Å². The maximum atomic E-state index is 13.0. The Labute approximate surface area is 197 Å². The Morgan fingerprint density at radius 1 is 1.03 bits per heavy atom. The highest BCUT2D eigenvalue weighted by Gasteiger charge is 2.33. The SMILES string of the molecule is C[C@@H]1[C@H](C)CCC[C@@H]1NC(=O)CN1CCN(CC(=O)Nc2ccc(Cl)c(C(F)(F)F)c2)CC1. The Morgan fingerprint density at radius 2 is 1.64 bits per heavy atom. The third-order valence-electron chi connectivity index (χ3n) is 6.81. The van der Waals surface area contributed by atoms with Gasteiger partial charge >= 0.3 is 6.18 Å². The monoisotopic (exact) mass is 488 g/mol. The first-order chi connectivity index (χ1) is 15.5. The van der Waals surface area contributed by atoms with Crippen molar-refractivity contribution in [3.63, 3.8) is 0 Å². The number of carbonyl (C=O) groups is 2. The Hall–Kier alpha value is -1.84. The van der Waals surface area contributed by atoms with Crippen molar-refractivity contribution in [2.75, 3.05) is 44.6 Å². The molecule has 1 saturated carbocycles. The minimum Gasteiger partial charge on any atom is -0.352 e. The van der Waals surface area contributed by atoms with E-state index in [0.29, 0.717) is 44.6 Å². The summed E-state index contributed by atoms with van der Waals surface area (Å²) in [6.45, 7) is 7.35. The van der Waals surface area contributed by atoms with Crippen molar-refractivity contribution >= 4 is 29.1 Å². The molecule has 184 valence electrons. The molecule has 2 amide bonds. The van der Waals surface area contributed by atoms with Crippen molar-refractivity contribution < 1.29 is 22.8 Å². The normalized spacial score (nSPS) is 25.0. The largest absolute Gasteiger partial charge is 0.417 e. The minimum atomic E-state index is -4.59. The summed E-state index contributed by atoms with van der Waals surface area (Å²) in [4.78, 5) is 28.8. The van der Waals surface area contributed by atoms with Crippen LogP contribution in [0.25, 0.3) is 0 Å². The van der Waals surface area contributed by atoms with Crippen LogP contribution in [0.15, 0.2) is 18.2 Å². The number of hydrogen-bond donors (Lipinski definition) is 2. The van der Waals surface area contributed by atoms with Gasteiger partial charge in [-0.1, -0.05) is 38.3 Å². The lowest BCUT2D eigenvalue weighted by molar-refractivity contribution is -0.137. The maximum absolute atomic E-state index is 13.0. The van der Waals surface area contributed by atoms with Crippen LogP contribution in [-0.2, 0) is 15.8 Å². The van der Waals surface area contributed by atoms with E-state index < -0.39 is 22.7 Å². The molecule has 0 aromatic heterocycles. The number of hydrogen-bond acceptors (Lipinski definition) is 4. The second-order valence-corrected chi connectivity index (χ2v) is 9.64. The average molecular weight is 489 g/mol. The predicted octanol–water partition coefficient (Wildman–Crippen LogP) is 3.86. The second kappa shape index (κ2) is 11.1. The number of nitrogens with zero attached hydrogens (tertiary/aromatic N) is 2. The molecule has 1 aliphatic heterocycles. The summed E-state index contributed by atoms with van der Waals surface area (Å²) >= 11 is 5.62. The smallest absolute Gasteiger partial charge is 0.352 e. The van der Waals surface area contributed by atoms with Gasteiger partial charge in [-0.2, -0.15) is 13.2 Å². The lowest BCUT2D eigenvalue weighted by Crippen LogP contribution is -2.52. The highest BCUT2D eigenvalue weighted by Crippen LogP contribution is 2.36. The van der Waals surface area contributed by atoms with Crippen LogP contribution in [0.5, 0.6) is 0 Å². The quantitative estimate of drug-likeness (QED) is 0.638. The molecule has 1 aliphatic carbocycles. The molecule has 33 heavy (non-hydrogen) atoms. The fourth-order valence-corrected chi connectivity index (χ4v) is 4.80. The van der Waals surface area contributed by atoms with Crippen molar-refractivity contribution in [3.8, 4) is 0 Å². The van der Waals surface area contributed by atoms with E-state index in [1.807, 2.05) is 4.90 Å².